The molecule has 33 heavy (non-hydrogen) atoms. The Hall–Kier alpha value is -3.74. The van der Waals surface area contributed by atoms with E-state index in [-0.39, 0.29) is 24.1 Å². The van der Waals surface area contributed by atoms with Crippen LogP contribution in [-0.4, -0.2) is 30.4 Å². The van der Waals surface area contributed by atoms with Gasteiger partial charge in [-0.1, -0.05) is 28.6 Å². The molecule has 0 unspecified atom stereocenters. The van der Waals surface area contributed by atoms with Crippen molar-refractivity contribution in [3.63, 3.8) is 0 Å². The minimum Gasteiger partial charge on any atom is -0.361 e. The number of benzene rings is 1. The third-order valence-electron chi connectivity index (χ3n) is 4.65. The second-order valence-electron chi connectivity index (χ2n) is 7.16. The Kier molecular flexibility index (Phi) is 5.89. The summed E-state index contributed by atoms with van der Waals surface area (Å²) in [5.41, 5.74) is 0.185. The number of carbonyl (C=O) groups is 1. The SMILES string of the molecule is Cc1cc(CNC(=O)c2sc(-n3cnn(Cc4ccc(C(F)(F)F)cc4)c3=O)nc2C)no1. The lowest BCUT2D eigenvalue weighted by atomic mass is 10.1. The van der Waals surface area contributed by atoms with Crippen LogP contribution in [0.4, 0.5) is 13.2 Å². The molecule has 0 bridgehead atoms. The standard InChI is InChI=1S/C20H17F3N6O3S/c1-11-7-15(27-32-11)8-24-17(30)16-12(2)26-18(33-16)28-10-25-29(19(28)31)9-13-3-5-14(6-4-13)20(21,22)23/h3-7,10H,8-9H2,1-2H3,(H,24,30). The van der Waals surface area contributed by atoms with Gasteiger partial charge >= 0.3 is 11.9 Å². The van der Waals surface area contributed by atoms with E-state index in [4.69, 9.17) is 4.52 Å². The summed E-state index contributed by atoms with van der Waals surface area (Å²) in [4.78, 5) is 29.9. The number of aryl methyl sites for hydroxylation is 2. The number of alkyl halides is 3. The van der Waals surface area contributed by atoms with Gasteiger partial charge in [0.2, 0.25) is 0 Å². The Labute approximate surface area is 188 Å². The lowest BCUT2D eigenvalue weighted by Gasteiger charge is -2.07. The Morgan fingerprint density at radius 2 is 1.94 bits per heavy atom. The maximum atomic E-state index is 12.7. The van der Waals surface area contributed by atoms with Gasteiger partial charge in [0, 0.05) is 6.07 Å². The highest BCUT2D eigenvalue weighted by Crippen LogP contribution is 2.29. The summed E-state index contributed by atoms with van der Waals surface area (Å²) in [6.45, 7) is 3.55. The van der Waals surface area contributed by atoms with Crippen LogP contribution in [0.25, 0.3) is 5.13 Å². The molecule has 3 aromatic heterocycles. The number of halogens is 3. The van der Waals surface area contributed by atoms with E-state index in [9.17, 15) is 22.8 Å². The number of hydrogen-bond donors (Lipinski definition) is 1. The quantitative estimate of drug-likeness (QED) is 0.456. The van der Waals surface area contributed by atoms with E-state index in [1.165, 1.54) is 23.0 Å². The molecule has 0 fully saturated rings. The molecule has 0 aliphatic heterocycles. The van der Waals surface area contributed by atoms with Gasteiger partial charge in [-0.25, -0.2) is 19.0 Å². The molecule has 4 rings (SSSR count). The van der Waals surface area contributed by atoms with Crippen molar-refractivity contribution >= 4 is 17.2 Å². The fourth-order valence-electron chi connectivity index (χ4n) is 3.00. The molecule has 0 radical (unpaired) electrons. The van der Waals surface area contributed by atoms with Crippen LogP contribution in [0.15, 0.2) is 46.0 Å². The molecule has 0 atom stereocenters. The molecule has 0 aliphatic carbocycles. The molecule has 0 saturated carbocycles. The second-order valence-corrected chi connectivity index (χ2v) is 8.14. The number of carbonyl (C=O) groups excluding carboxylic acids is 1. The molecule has 9 nitrogen and oxygen atoms in total. The molecular weight excluding hydrogens is 461 g/mol. The van der Waals surface area contributed by atoms with Crippen molar-refractivity contribution in [2.75, 3.05) is 0 Å². The Bertz CT molecular complexity index is 1350. The number of rotatable bonds is 6. The zero-order valence-corrected chi connectivity index (χ0v) is 18.2. The maximum Gasteiger partial charge on any atom is 0.416 e. The monoisotopic (exact) mass is 478 g/mol. The molecule has 1 aromatic carbocycles. The number of hydrogen-bond acceptors (Lipinski definition) is 7. The Morgan fingerprint density at radius 3 is 2.58 bits per heavy atom. The van der Waals surface area contributed by atoms with Crippen LogP contribution in [0.1, 0.15) is 37.9 Å². The minimum absolute atomic E-state index is 0.0151. The third kappa shape index (κ3) is 4.87. The normalized spacial score (nSPS) is 11.7. The summed E-state index contributed by atoms with van der Waals surface area (Å²) in [7, 11) is 0. The average Bonchev–Trinajstić information content (AvgIpc) is 3.45. The van der Waals surface area contributed by atoms with Crippen LogP contribution >= 0.6 is 11.3 Å². The van der Waals surface area contributed by atoms with Gasteiger partial charge in [-0.05, 0) is 31.5 Å². The molecule has 172 valence electrons. The highest BCUT2D eigenvalue weighted by atomic mass is 32.1. The zero-order valence-electron chi connectivity index (χ0n) is 17.4. The van der Waals surface area contributed by atoms with E-state index in [0.717, 1.165) is 28.2 Å². The molecule has 1 N–H and O–H groups in total. The first-order valence-corrected chi connectivity index (χ1v) is 10.4. The molecule has 1 amide bonds. The minimum atomic E-state index is -4.43. The Morgan fingerprint density at radius 1 is 1.21 bits per heavy atom. The zero-order chi connectivity index (χ0) is 23.8. The van der Waals surface area contributed by atoms with Gasteiger partial charge in [-0.2, -0.15) is 18.3 Å². The van der Waals surface area contributed by atoms with E-state index < -0.39 is 17.4 Å². The second kappa shape index (κ2) is 8.65. The van der Waals surface area contributed by atoms with Crippen molar-refractivity contribution < 1.29 is 22.5 Å². The maximum absolute atomic E-state index is 12.7. The molecule has 3 heterocycles. The van der Waals surface area contributed by atoms with Crippen molar-refractivity contribution in [1.29, 1.82) is 0 Å². The van der Waals surface area contributed by atoms with Crippen molar-refractivity contribution in [2.24, 2.45) is 0 Å². The summed E-state index contributed by atoms with van der Waals surface area (Å²) < 4.78 is 45.4. The molecule has 0 spiro atoms. The van der Waals surface area contributed by atoms with Crippen LogP contribution < -0.4 is 11.0 Å². The van der Waals surface area contributed by atoms with Crippen LogP contribution in [-0.2, 0) is 19.3 Å². The number of nitrogens with zero attached hydrogens (tertiary/aromatic N) is 5. The number of aromatic nitrogens is 5. The fraction of sp³-hybridized carbons (Fsp3) is 0.250. The summed E-state index contributed by atoms with van der Waals surface area (Å²) in [6.07, 6.45) is -3.18. The first kappa shape index (κ1) is 22.5. The summed E-state index contributed by atoms with van der Waals surface area (Å²) >= 11 is 1.02. The van der Waals surface area contributed by atoms with Crippen molar-refractivity contribution in [3.8, 4) is 5.13 Å². The van der Waals surface area contributed by atoms with Gasteiger partial charge in [-0.3, -0.25) is 4.79 Å². The number of nitrogens with one attached hydrogen (secondary N) is 1. The Balaban J connectivity index is 1.49. The number of amides is 1. The van der Waals surface area contributed by atoms with Gasteiger partial charge in [0.15, 0.2) is 5.13 Å². The molecule has 0 saturated heterocycles. The van der Waals surface area contributed by atoms with Gasteiger partial charge < -0.3 is 9.84 Å². The first-order chi connectivity index (χ1) is 15.6. The van der Waals surface area contributed by atoms with Crippen LogP contribution in [0, 0.1) is 13.8 Å². The van der Waals surface area contributed by atoms with Crippen molar-refractivity contribution in [1.82, 2.24) is 29.8 Å². The molecule has 13 heteroatoms. The summed E-state index contributed by atoms with van der Waals surface area (Å²) in [5.74, 6) is 0.255. The first-order valence-electron chi connectivity index (χ1n) is 9.60. The van der Waals surface area contributed by atoms with E-state index in [2.05, 4.69) is 20.6 Å². The van der Waals surface area contributed by atoms with Gasteiger partial charge in [0.1, 0.15) is 22.7 Å². The molecule has 0 aliphatic rings. The van der Waals surface area contributed by atoms with E-state index in [1.807, 2.05) is 0 Å². The van der Waals surface area contributed by atoms with Gasteiger partial charge in [0.25, 0.3) is 5.91 Å². The van der Waals surface area contributed by atoms with Crippen molar-refractivity contribution in [2.45, 2.75) is 33.1 Å². The number of thiazole rings is 1. The van der Waals surface area contributed by atoms with Crippen LogP contribution in [0.3, 0.4) is 0 Å². The highest BCUT2D eigenvalue weighted by Gasteiger charge is 2.30. The smallest absolute Gasteiger partial charge is 0.361 e. The van der Waals surface area contributed by atoms with E-state index in [0.29, 0.717) is 27.6 Å². The molecular formula is C20H17F3N6O3S. The topological polar surface area (TPSA) is 108 Å². The van der Waals surface area contributed by atoms with E-state index in [1.54, 1.807) is 19.9 Å². The van der Waals surface area contributed by atoms with E-state index >= 15 is 0 Å². The van der Waals surface area contributed by atoms with Crippen molar-refractivity contribution in [3.05, 3.63) is 80.3 Å². The molecule has 4 aromatic rings. The predicted octanol–water partition coefficient (Wildman–Crippen LogP) is 3.09. The van der Waals surface area contributed by atoms with Crippen LogP contribution in [0.5, 0.6) is 0 Å². The predicted molar refractivity (Wildman–Crippen MR) is 111 cm³/mol. The highest BCUT2D eigenvalue weighted by molar-refractivity contribution is 7.16. The summed E-state index contributed by atoms with van der Waals surface area (Å²) in [5, 5.41) is 10.8. The average molecular weight is 478 g/mol. The lowest BCUT2D eigenvalue weighted by molar-refractivity contribution is -0.137. The summed E-state index contributed by atoms with van der Waals surface area (Å²) in [6, 6.07) is 6.19. The third-order valence-corrected chi connectivity index (χ3v) is 5.81. The largest absolute Gasteiger partial charge is 0.416 e. The fourth-order valence-corrected chi connectivity index (χ4v) is 3.94. The van der Waals surface area contributed by atoms with Gasteiger partial charge in [-0.15, -0.1) is 0 Å². The van der Waals surface area contributed by atoms with Crippen LogP contribution in [0.2, 0.25) is 0 Å². The van der Waals surface area contributed by atoms with Gasteiger partial charge in [0.05, 0.1) is 24.3 Å². The lowest BCUT2D eigenvalue weighted by Crippen LogP contribution is -2.24.